The second kappa shape index (κ2) is 7.61. The molecule has 1 aliphatic heterocycles. The van der Waals surface area contributed by atoms with Crippen LogP contribution in [0.4, 0.5) is 0 Å². The van der Waals surface area contributed by atoms with E-state index in [9.17, 15) is 0 Å². The molecule has 0 amide bonds. The minimum absolute atomic E-state index is 0. The zero-order chi connectivity index (χ0) is 17.4. The van der Waals surface area contributed by atoms with Crippen molar-refractivity contribution in [2.75, 3.05) is 5.75 Å². The molecule has 0 radical (unpaired) electrons. The van der Waals surface area contributed by atoms with Crippen LogP contribution < -0.4 is 21.5 Å². The summed E-state index contributed by atoms with van der Waals surface area (Å²) in [6.45, 7) is 7.89. The summed E-state index contributed by atoms with van der Waals surface area (Å²) in [4.78, 5) is 0. The van der Waals surface area contributed by atoms with Crippen molar-refractivity contribution in [3.63, 3.8) is 0 Å². The molecule has 1 aromatic heterocycles. The van der Waals surface area contributed by atoms with Gasteiger partial charge in [0.25, 0.3) is 0 Å². The Bertz CT molecular complexity index is 877. The van der Waals surface area contributed by atoms with Gasteiger partial charge in [0.15, 0.2) is 5.69 Å². The van der Waals surface area contributed by atoms with Crippen LogP contribution in [0.1, 0.15) is 32.8 Å². The van der Waals surface area contributed by atoms with Gasteiger partial charge < -0.3 is 17.0 Å². The van der Waals surface area contributed by atoms with Crippen molar-refractivity contribution in [2.24, 2.45) is 0 Å². The van der Waals surface area contributed by atoms with E-state index in [1.807, 2.05) is 11.8 Å². The average Bonchev–Trinajstić information content (AvgIpc) is 3.02. The zero-order valence-corrected chi connectivity index (χ0v) is 18.0. The highest BCUT2D eigenvalue weighted by Crippen LogP contribution is 2.30. The molecule has 0 saturated heterocycles. The van der Waals surface area contributed by atoms with E-state index in [0.29, 0.717) is 0 Å². The molecule has 2 aromatic carbocycles. The molecule has 0 bridgehead atoms. The molecule has 136 valence electrons. The Balaban J connectivity index is 0.00000196. The van der Waals surface area contributed by atoms with Gasteiger partial charge in [-0.3, -0.25) is 0 Å². The smallest absolute Gasteiger partial charge is 0.323 e. The van der Waals surface area contributed by atoms with Crippen molar-refractivity contribution < 1.29 is 21.5 Å². The zero-order valence-electron chi connectivity index (χ0n) is 15.6. The number of nitrogens with zero attached hydrogens (tertiary/aromatic N) is 2. The fourth-order valence-electron chi connectivity index (χ4n) is 3.37. The molecular weight excluding hydrogens is 404 g/mol. The molecule has 0 unspecified atom stereocenters. The summed E-state index contributed by atoms with van der Waals surface area (Å²) in [6.07, 6.45) is 3.53. The molecule has 2 nitrogen and oxygen atoms in total. The molecule has 3 aromatic rings. The Morgan fingerprint density at radius 1 is 0.962 bits per heavy atom. The van der Waals surface area contributed by atoms with E-state index in [2.05, 4.69) is 90.7 Å². The van der Waals surface area contributed by atoms with Crippen LogP contribution in [0.5, 0.6) is 0 Å². The van der Waals surface area contributed by atoms with Crippen molar-refractivity contribution in [3.8, 4) is 16.9 Å². The largest absolute Gasteiger partial charge is 1.00 e. The van der Waals surface area contributed by atoms with Gasteiger partial charge in [0.2, 0.25) is 0 Å². The lowest BCUT2D eigenvalue weighted by Gasteiger charge is -2.19. The third kappa shape index (κ3) is 3.63. The highest BCUT2D eigenvalue weighted by Gasteiger charge is 2.28. The van der Waals surface area contributed by atoms with Crippen molar-refractivity contribution in [1.29, 1.82) is 0 Å². The molecule has 0 saturated carbocycles. The molecule has 26 heavy (non-hydrogen) atoms. The third-order valence-corrected chi connectivity index (χ3v) is 5.99. The van der Waals surface area contributed by atoms with Crippen LogP contribution in [-0.4, -0.2) is 10.3 Å². The standard InChI is InChI=1S/C22H25N2S.BrH/c1-22(2,3)18-12-10-17(11-13-18)20-16-24(19-8-5-4-6-9-19)21-23(20)14-7-15-25-21;/h4-6,8-13,16H,7,14-15H2,1-3H3;1H/q+1;/p-1. The van der Waals surface area contributed by atoms with E-state index in [1.165, 1.54) is 39.8 Å². The maximum atomic E-state index is 2.48. The highest BCUT2D eigenvalue weighted by molar-refractivity contribution is 7.99. The topological polar surface area (TPSA) is 8.81 Å². The lowest BCUT2D eigenvalue weighted by atomic mass is 9.86. The Morgan fingerprint density at radius 2 is 1.65 bits per heavy atom. The van der Waals surface area contributed by atoms with Gasteiger partial charge >= 0.3 is 5.16 Å². The Morgan fingerprint density at radius 3 is 2.31 bits per heavy atom. The number of rotatable bonds is 2. The average molecular weight is 429 g/mol. The first-order valence-electron chi connectivity index (χ1n) is 8.98. The normalized spacial score (nSPS) is 13.8. The van der Waals surface area contributed by atoms with E-state index in [4.69, 9.17) is 0 Å². The van der Waals surface area contributed by atoms with Gasteiger partial charge in [0.1, 0.15) is 11.9 Å². The molecule has 0 fully saturated rings. The predicted octanol–water partition coefficient (Wildman–Crippen LogP) is 2.23. The van der Waals surface area contributed by atoms with Crippen LogP contribution in [0.3, 0.4) is 0 Å². The monoisotopic (exact) mass is 428 g/mol. The molecule has 2 heterocycles. The SMILES string of the molecule is CC(C)(C)c1ccc(-c2cn(-c3ccccc3)c3[n+]2CCCS3)cc1.[Br-]. The maximum absolute atomic E-state index is 2.48. The molecule has 0 atom stereocenters. The Labute approximate surface area is 171 Å². The molecule has 0 spiro atoms. The molecule has 4 heteroatoms. The van der Waals surface area contributed by atoms with Crippen molar-refractivity contribution in [3.05, 3.63) is 66.4 Å². The molecule has 1 aliphatic rings. The van der Waals surface area contributed by atoms with Crippen LogP contribution >= 0.6 is 11.8 Å². The van der Waals surface area contributed by atoms with Gasteiger partial charge in [0, 0.05) is 11.3 Å². The Hall–Kier alpha value is -1.52. The van der Waals surface area contributed by atoms with Gasteiger partial charge in [-0.25, -0.2) is 4.57 Å². The number of hydrogen-bond donors (Lipinski definition) is 0. The van der Waals surface area contributed by atoms with Gasteiger partial charge in [-0.05, 0) is 41.3 Å². The number of para-hydroxylation sites is 1. The summed E-state index contributed by atoms with van der Waals surface area (Å²) in [7, 11) is 0. The summed E-state index contributed by atoms with van der Waals surface area (Å²) in [5.41, 5.74) is 5.42. The summed E-state index contributed by atoms with van der Waals surface area (Å²) in [6, 6.07) is 19.8. The lowest BCUT2D eigenvalue weighted by molar-refractivity contribution is -0.724. The van der Waals surface area contributed by atoms with E-state index >= 15 is 0 Å². The first kappa shape index (κ1) is 19.2. The summed E-state index contributed by atoms with van der Waals surface area (Å²) < 4.78 is 4.82. The fourth-order valence-corrected chi connectivity index (χ4v) is 4.47. The number of halogens is 1. The van der Waals surface area contributed by atoms with Crippen LogP contribution in [0.25, 0.3) is 16.9 Å². The fraction of sp³-hybridized carbons (Fsp3) is 0.318. The van der Waals surface area contributed by atoms with Crippen LogP contribution in [0.2, 0.25) is 0 Å². The summed E-state index contributed by atoms with van der Waals surface area (Å²) in [5.74, 6) is 1.19. The first-order chi connectivity index (χ1) is 12.0. The van der Waals surface area contributed by atoms with Gasteiger partial charge in [-0.15, -0.1) is 0 Å². The van der Waals surface area contributed by atoms with E-state index in [1.54, 1.807) is 0 Å². The van der Waals surface area contributed by atoms with E-state index in [-0.39, 0.29) is 22.4 Å². The van der Waals surface area contributed by atoms with E-state index < -0.39 is 0 Å². The van der Waals surface area contributed by atoms with Gasteiger partial charge in [-0.1, -0.05) is 63.2 Å². The van der Waals surface area contributed by atoms with Crippen molar-refractivity contribution >= 4 is 11.8 Å². The van der Waals surface area contributed by atoms with Crippen LogP contribution in [-0.2, 0) is 12.0 Å². The summed E-state index contributed by atoms with van der Waals surface area (Å²) >= 11 is 1.96. The highest BCUT2D eigenvalue weighted by atomic mass is 79.9. The second-order valence-electron chi connectivity index (χ2n) is 7.68. The number of imidazole rings is 1. The second-order valence-corrected chi connectivity index (χ2v) is 8.75. The minimum Gasteiger partial charge on any atom is -1.00 e. The third-order valence-electron chi connectivity index (χ3n) is 4.82. The van der Waals surface area contributed by atoms with Gasteiger partial charge in [0.05, 0.1) is 6.54 Å². The predicted molar refractivity (Wildman–Crippen MR) is 105 cm³/mol. The first-order valence-corrected chi connectivity index (χ1v) is 9.97. The van der Waals surface area contributed by atoms with Crippen molar-refractivity contribution in [1.82, 2.24) is 4.57 Å². The van der Waals surface area contributed by atoms with Crippen LogP contribution in [0.15, 0.2) is 66.0 Å². The Kier molecular flexibility index (Phi) is 5.64. The lowest BCUT2D eigenvalue weighted by Crippen LogP contribution is -3.00. The number of benzene rings is 2. The van der Waals surface area contributed by atoms with E-state index in [0.717, 1.165) is 6.54 Å². The van der Waals surface area contributed by atoms with Gasteiger partial charge in [-0.2, -0.15) is 4.57 Å². The number of aromatic nitrogens is 2. The quantitative estimate of drug-likeness (QED) is 0.568. The molecular formula is C22H25BrN2S. The number of hydrogen-bond acceptors (Lipinski definition) is 1. The maximum Gasteiger partial charge on any atom is 0.323 e. The molecule has 0 N–H and O–H groups in total. The molecule has 0 aliphatic carbocycles. The molecule has 4 rings (SSSR count). The number of fused-ring (bicyclic) bond motifs is 1. The van der Waals surface area contributed by atoms with Crippen LogP contribution in [0, 0.1) is 0 Å². The summed E-state index contributed by atoms with van der Waals surface area (Å²) in [5, 5.41) is 1.34. The number of thioether (sulfide) groups is 1. The minimum atomic E-state index is 0. The van der Waals surface area contributed by atoms with Crippen molar-refractivity contribution in [2.45, 2.75) is 44.3 Å².